The lowest BCUT2D eigenvalue weighted by molar-refractivity contribution is -0.115. The summed E-state index contributed by atoms with van der Waals surface area (Å²) in [7, 11) is -3.85. The van der Waals surface area contributed by atoms with E-state index in [2.05, 4.69) is 10.0 Å². The molecule has 8 heteroatoms. The summed E-state index contributed by atoms with van der Waals surface area (Å²) in [5.74, 6) is -1.12. The first-order valence-electron chi connectivity index (χ1n) is 6.17. The molecule has 22 heavy (non-hydrogen) atoms. The summed E-state index contributed by atoms with van der Waals surface area (Å²) in [6.07, 6.45) is 0. The highest BCUT2D eigenvalue weighted by atomic mass is 35.5. The number of halogens is 2. The van der Waals surface area contributed by atoms with Gasteiger partial charge >= 0.3 is 0 Å². The monoisotopic (exact) mass is 342 g/mol. The van der Waals surface area contributed by atoms with Gasteiger partial charge in [-0.15, -0.1) is 0 Å². The van der Waals surface area contributed by atoms with Crippen LogP contribution in [0.5, 0.6) is 0 Å². The number of carbonyl (C=O) groups excluding carboxylic acids is 1. The molecule has 0 saturated carbocycles. The van der Waals surface area contributed by atoms with Crippen molar-refractivity contribution in [1.29, 1.82) is 0 Å². The molecule has 0 aliphatic carbocycles. The van der Waals surface area contributed by atoms with Crippen LogP contribution in [0.1, 0.15) is 0 Å². The first kappa shape index (κ1) is 16.4. The first-order chi connectivity index (χ1) is 10.4. The van der Waals surface area contributed by atoms with Gasteiger partial charge in [-0.1, -0.05) is 23.7 Å². The van der Waals surface area contributed by atoms with E-state index in [1.807, 2.05) is 0 Å². The van der Waals surface area contributed by atoms with Crippen LogP contribution in [-0.2, 0) is 14.8 Å². The van der Waals surface area contributed by atoms with E-state index in [4.69, 9.17) is 11.6 Å². The van der Waals surface area contributed by atoms with E-state index in [0.717, 1.165) is 6.07 Å². The molecule has 0 fully saturated rings. The molecule has 0 atom stereocenters. The zero-order valence-electron chi connectivity index (χ0n) is 11.2. The molecule has 2 N–H and O–H groups in total. The quantitative estimate of drug-likeness (QED) is 0.876. The zero-order valence-corrected chi connectivity index (χ0v) is 12.8. The lowest BCUT2D eigenvalue weighted by Crippen LogP contribution is -2.32. The highest BCUT2D eigenvalue weighted by Crippen LogP contribution is 2.15. The zero-order chi connectivity index (χ0) is 16.2. The maximum atomic E-state index is 13.0. The van der Waals surface area contributed by atoms with Crippen LogP contribution < -0.4 is 10.0 Å². The number of rotatable bonds is 5. The SMILES string of the molecule is O=C(CNS(=O)(=O)c1cccc(Cl)c1)Nc1cccc(F)c1. The van der Waals surface area contributed by atoms with Crippen LogP contribution in [0, 0.1) is 5.82 Å². The van der Waals surface area contributed by atoms with E-state index in [9.17, 15) is 17.6 Å². The van der Waals surface area contributed by atoms with Crippen LogP contribution >= 0.6 is 11.6 Å². The Kier molecular flexibility index (Phi) is 5.12. The van der Waals surface area contributed by atoms with Crippen molar-refractivity contribution in [2.75, 3.05) is 11.9 Å². The molecule has 0 saturated heterocycles. The van der Waals surface area contributed by atoms with Crippen molar-refractivity contribution in [2.24, 2.45) is 0 Å². The Morgan fingerprint density at radius 3 is 2.55 bits per heavy atom. The average molecular weight is 343 g/mol. The number of amides is 1. The second-order valence-corrected chi connectivity index (χ2v) is 6.54. The van der Waals surface area contributed by atoms with Gasteiger partial charge < -0.3 is 5.32 Å². The number of anilines is 1. The smallest absolute Gasteiger partial charge is 0.241 e. The highest BCUT2D eigenvalue weighted by Gasteiger charge is 2.15. The van der Waals surface area contributed by atoms with E-state index in [-0.39, 0.29) is 15.6 Å². The van der Waals surface area contributed by atoms with Gasteiger partial charge in [-0.05, 0) is 36.4 Å². The Labute approximate surface area is 132 Å². The van der Waals surface area contributed by atoms with E-state index >= 15 is 0 Å². The molecule has 0 unspecified atom stereocenters. The Morgan fingerprint density at radius 2 is 1.86 bits per heavy atom. The molecular formula is C14H12ClFN2O3S. The van der Waals surface area contributed by atoms with Crippen LogP contribution in [-0.4, -0.2) is 20.9 Å². The predicted molar refractivity (Wildman–Crippen MR) is 81.7 cm³/mol. The van der Waals surface area contributed by atoms with Crippen LogP contribution in [0.25, 0.3) is 0 Å². The van der Waals surface area contributed by atoms with Crippen molar-refractivity contribution in [3.8, 4) is 0 Å². The number of benzene rings is 2. The molecule has 0 radical (unpaired) electrons. The fourth-order valence-corrected chi connectivity index (χ4v) is 2.93. The molecule has 0 spiro atoms. The van der Waals surface area contributed by atoms with Crippen molar-refractivity contribution < 1.29 is 17.6 Å². The third-order valence-corrected chi connectivity index (χ3v) is 4.27. The minimum atomic E-state index is -3.85. The summed E-state index contributed by atoms with van der Waals surface area (Å²) in [5, 5.41) is 2.66. The Balaban J connectivity index is 1.98. The molecule has 5 nitrogen and oxygen atoms in total. The van der Waals surface area contributed by atoms with Gasteiger partial charge in [0.05, 0.1) is 11.4 Å². The third kappa shape index (κ3) is 4.52. The van der Waals surface area contributed by atoms with Gasteiger partial charge in [0.1, 0.15) is 5.82 Å². The Bertz CT molecular complexity index is 796. The summed E-state index contributed by atoms with van der Waals surface area (Å²) < 4.78 is 39.1. The second-order valence-electron chi connectivity index (χ2n) is 4.34. The van der Waals surface area contributed by atoms with E-state index in [0.29, 0.717) is 0 Å². The maximum absolute atomic E-state index is 13.0. The molecule has 2 aromatic carbocycles. The predicted octanol–water partition coefficient (Wildman–Crippen LogP) is 2.40. The van der Waals surface area contributed by atoms with Gasteiger partial charge in [0.2, 0.25) is 15.9 Å². The summed E-state index contributed by atoms with van der Waals surface area (Å²) >= 11 is 5.73. The molecule has 2 aromatic rings. The van der Waals surface area contributed by atoms with Crippen LogP contribution in [0.15, 0.2) is 53.4 Å². The minimum absolute atomic E-state index is 0.0430. The molecule has 116 valence electrons. The fraction of sp³-hybridized carbons (Fsp3) is 0.0714. The van der Waals surface area contributed by atoms with Crippen molar-refractivity contribution >= 4 is 33.2 Å². The van der Waals surface area contributed by atoms with Gasteiger partial charge in [-0.3, -0.25) is 4.79 Å². The van der Waals surface area contributed by atoms with Crippen molar-refractivity contribution in [2.45, 2.75) is 4.90 Å². The van der Waals surface area contributed by atoms with Gasteiger partial charge in [-0.2, -0.15) is 0 Å². The molecule has 0 bridgehead atoms. The molecule has 1 amide bonds. The first-order valence-corrected chi connectivity index (χ1v) is 8.03. The number of hydrogen-bond donors (Lipinski definition) is 2. The maximum Gasteiger partial charge on any atom is 0.241 e. The van der Waals surface area contributed by atoms with Crippen LogP contribution in [0.3, 0.4) is 0 Å². The number of nitrogens with one attached hydrogen (secondary N) is 2. The van der Waals surface area contributed by atoms with Gasteiger partial charge in [0.25, 0.3) is 0 Å². The summed E-state index contributed by atoms with van der Waals surface area (Å²) in [4.78, 5) is 11.6. The fourth-order valence-electron chi connectivity index (χ4n) is 1.65. The summed E-state index contributed by atoms with van der Waals surface area (Å²) in [5.41, 5.74) is 0.243. The average Bonchev–Trinajstić information content (AvgIpc) is 2.45. The van der Waals surface area contributed by atoms with Crippen LogP contribution in [0.4, 0.5) is 10.1 Å². The van der Waals surface area contributed by atoms with Gasteiger partial charge in [-0.25, -0.2) is 17.5 Å². The molecular weight excluding hydrogens is 331 g/mol. The number of sulfonamides is 1. The van der Waals surface area contributed by atoms with Crippen LogP contribution in [0.2, 0.25) is 5.02 Å². The van der Waals surface area contributed by atoms with E-state index in [1.165, 1.54) is 42.5 Å². The van der Waals surface area contributed by atoms with Crippen molar-refractivity contribution in [3.63, 3.8) is 0 Å². The second kappa shape index (κ2) is 6.87. The largest absolute Gasteiger partial charge is 0.325 e. The number of carbonyl (C=O) groups is 1. The van der Waals surface area contributed by atoms with Gasteiger partial charge in [0.15, 0.2) is 0 Å². The molecule has 0 aliphatic rings. The summed E-state index contributed by atoms with van der Waals surface area (Å²) in [6, 6.07) is 10.9. The lowest BCUT2D eigenvalue weighted by atomic mass is 10.3. The summed E-state index contributed by atoms with van der Waals surface area (Å²) in [6.45, 7) is -0.481. The topological polar surface area (TPSA) is 75.3 Å². The molecule has 0 aromatic heterocycles. The Morgan fingerprint density at radius 1 is 1.14 bits per heavy atom. The standard InChI is InChI=1S/C14H12ClFN2O3S/c15-10-3-1-6-13(7-10)22(20,21)17-9-14(19)18-12-5-2-4-11(16)8-12/h1-8,17H,9H2,(H,18,19). The van der Waals surface area contributed by atoms with E-state index < -0.39 is 28.3 Å². The molecule has 0 heterocycles. The Hall–Kier alpha value is -1.96. The van der Waals surface area contributed by atoms with Crippen molar-refractivity contribution in [3.05, 3.63) is 59.4 Å². The molecule has 2 rings (SSSR count). The van der Waals surface area contributed by atoms with Gasteiger partial charge in [0, 0.05) is 10.7 Å². The highest BCUT2D eigenvalue weighted by molar-refractivity contribution is 7.89. The minimum Gasteiger partial charge on any atom is -0.325 e. The lowest BCUT2D eigenvalue weighted by Gasteiger charge is -2.08. The molecule has 0 aliphatic heterocycles. The normalized spacial score (nSPS) is 11.2. The third-order valence-electron chi connectivity index (χ3n) is 2.64. The van der Waals surface area contributed by atoms with E-state index in [1.54, 1.807) is 0 Å². The van der Waals surface area contributed by atoms with Crippen molar-refractivity contribution in [1.82, 2.24) is 4.72 Å². The number of hydrogen-bond acceptors (Lipinski definition) is 3.